The van der Waals surface area contributed by atoms with Gasteiger partial charge in [-0.2, -0.15) is 0 Å². The van der Waals surface area contributed by atoms with Gasteiger partial charge in [0, 0.05) is 11.4 Å². The summed E-state index contributed by atoms with van der Waals surface area (Å²) < 4.78 is 43.3. The largest absolute Gasteiger partial charge is 0.495 e. The minimum absolute atomic E-state index is 0.256. The van der Waals surface area contributed by atoms with Gasteiger partial charge in [0.2, 0.25) is 15.9 Å². The Hall–Kier alpha value is -2.81. The molecular weight excluding hydrogens is 361 g/mol. The van der Waals surface area contributed by atoms with Crippen LogP contribution in [0.1, 0.15) is 6.92 Å². The van der Waals surface area contributed by atoms with Crippen molar-refractivity contribution in [3.05, 3.63) is 48.3 Å². The Labute approximate surface area is 151 Å². The van der Waals surface area contributed by atoms with Crippen molar-refractivity contribution in [2.75, 3.05) is 28.7 Å². The fourth-order valence-corrected chi connectivity index (χ4v) is 2.74. The van der Waals surface area contributed by atoms with Crippen molar-refractivity contribution >= 4 is 33.0 Å². The van der Waals surface area contributed by atoms with Gasteiger partial charge >= 0.3 is 0 Å². The first-order chi connectivity index (χ1) is 12.2. The Bertz CT molecular complexity index is 885. The van der Waals surface area contributed by atoms with Crippen LogP contribution in [0.3, 0.4) is 0 Å². The van der Waals surface area contributed by atoms with Crippen molar-refractivity contribution in [3.8, 4) is 5.75 Å². The third-order valence-electron chi connectivity index (χ3n) is 3.38. The van der Waals surface area contributed by atoms with E-state index in [2.05, 4.69) is 15.4 Å². The number of anilines is 3. The number of hydrogen-bond donors (Lipinski definition) is 3. The van der Waals surface area contributed by atoms with Crippen LogP contribution in [0.2, 0.25) is 0 Å². The lowest BCUT2D eigenvalue weighted by molar-refractivity contribution is -0.116. The molecule has 26 heavy (non-hydrogen) atoms. The van der Waals surface area contributed by atoms with Crippen LogP contribution >= 0.6 is 0 Å². The van der Waals surface area contributed by atoms with Crippen molar-refractivity contribution in [2.45, 2.75) is 13.0 Å². The third kappa shape index (κ3) is 5.62. The standard InChI is InChI=1S/C17H20FN3O4S/c1-11(17(22)20-13-6-4-12(18)5-7-13)19-14-8-9-16(25-2)15(10-14)21-26(3,23)24/h4-11,19,21H,1-3H3,(H,20,22)/t11-/m1/s1. The van der Waals surface area contributed by atoms with E-state index < -0.39 is 21.9 Å². The number of halogens is 1. The topological polar surface area (TPSA) is 96.5 Å². The SMILES string of the molecule is COc1ccc(N[C@H](C)C(=O)Nc2ccc(F)cc2)cc1NS(C)(=O)=O. The summed E-state index contributed by atoms with van der Waals surface area (Å²) in [6, 6.07) is 9.57. The molecule has 2 rings (SSSR count). The Morgan fingerprint density at radius 1 is 1.12 bits per heavy atom. The number of carbonyl (C=O) groups excluding carboxylic acids is 1. The maximum atomic E-state index is 12.9. The number of amides is 1. The molecule has 2 aromatic rings. The normalized spacial score (nSPS) is 12.2. The number of benzene rings is 2. The first kappa shape index (κ1) is 19.5. The first-order valence-electron chi connectivity index (χ1n) is 7.67. The van der Waals surface area contributed by atoms with Crippen LogP contribution in [-0.2, 0) is 14.8 Å². The second-order valence-corrected chi connectivity index (χ2v) is 7.40. The van der Waals surface area contributed by atoms with Gasteiger partial charge in [-0.15, -0.1) is 0 Å². The highest BCUT2D eigenvalue weighted by Crippen LogP contribution is 2.28. The van der Waals surface area contributed by atoms with Gasteiger partial charge < -0.3 is 15.4 Å². The minimum atomic E-state index is -3.48. The summed E-state index contributed by atoms with van der Waals surface area (Å²) in [5, 5.41) is 5.63. The number of nitrogens with one attached hydrogen (secondary N) is 3. The van der Waals surface area contributed by atoms with Gasteiger partial charge in [-0.25, -0.2) is 12.8 Å². The zero-order chi connectivity index (χ0) is 19.3. The molecule has 0 heterocycles. The maximum absolute atomic E-state index is 12.9. The van der Waals surface area contributed by atoms with Crippen LogP contribution in [0.25, 0.3) is 0 Å². The van der Waals surface area contributed by atoms with E-state index >= 15 is 0 Å². The highest BCUT2D eigenvalue weighted by molar-refractivity contribution is 7.92. The molecule has 0 unspecified atom stereocenters. The number of ether oxygens (including phenoxy) is 1. The summed E-state index contributed by atoms with van der Waals surface area (Å²) in [7, 11) is -2.06. The zero-order valence-corrected chi connectivity index (χ0v) is 15.4. The highest BCUT2D eigenvalue weighted by Gasteiger charge is 2.15. The second kappa shape index (κ2) is 8.05. The van der Waals surface area contributed by atoms with E-state index in [9.17, 15) is 17.6 Å². The molecule has 3 N–H and O–H groups in total. The lowest BCUT2D eigenvalue weighted by Crippen LogP contribution is -2.31. The van der Waals surface area contributed by atoms with Crippen LogP contribution in [0.4, 0.5) is 21.5 Å². The lowest BCUT2D eigenvalue weighted by Gasteiger charge is -2.17. The minimum Gasteiger partial charge on any atom is -0.495 e. The molecule has 0 fully saturated rings. The smallest absolute Gasteiger partial charge is 0.246 e. The molecule has 140 valence electrons. The van der Waals surface area contributed by atoms with E-state index in [1.54, 1.807) is 19.1 Å². The van der Waals surface area contributed by atoms with Crippen LogP contribution < -0.4 is 20.1 Å². The fourth-order valence-electron chi connectivity index (χ4n) is 2.18. The van der Waals surface area contributed by atoms with Crippen molar-refractivity contribution in [1.29, 1.82) is 0 Å². The first-order valence-corrected chi connectivity index (χ1v) is 9.56. The predicted octanol–water partition coefficient (Wildman–Crippen LogP) is 2.64. The monoisotopic (exact) mass is 381 g/mol. The molecule has 0 aromatic heterocycles. The average Bonchev–Trinajstić information content (AvgIpc) is 2.55. The zero-order valence-electron chi connectivity index (χ0n) is 14.5. The summed E-state index contributed by atoms with van der Waals surface area (Å²) >= 11 is 0. The number of carbonyl (C=O) groups is 1. The Morgan fingerprint density at radius 3 is 2.31 bits per heavy atom. The third-order valence-corrected chi connectivity index (χ3v) is 3.97. The Kier molecular flexibility index (Phi) is 6.04. The molecule has 0 saturated carbocycles. The van der Waals surface area contributed by atoms with E-state index in [0.29, 0.717) is 17.1 Å². The molecule has 9 heteroatoms. The molecule has 0 aliphatic rings. The van der Waals surface area contributed by atoms with Crippen LogP contribution in [0.15, 0.2) is 42.5 Å². The number of methoxy groups -OCH3 is 1. The number of sulfonamides is 1. The van der Waals surface area contributed by atoms with Crippen molar-refractivity contribution in [3.63, 3.8) is 0 Å². The summed E-state index contributed by atoms with van der Waals surface area (Å²) in [5.74, 6) is -0.368. The quantitative estimate of drug-likeness (QED) is 0.685. The van der Waals surface area contributed by atoms with Crippen LogP contribution in [0.5, 0.6) is 5.75 Å². The predicted molar refractivity (Wildman–Crippen MR) is 99.6 cm³/mol. The van der Waals surface area contributed by atoms with Gasteiger partial charge in [-0.1, -0.05) is 0 Å². The van der Waals surface area contributed by atoms with Gasteiger partial charge in [0.25, 0.3) is 0 Å². The molecule has 0 bridgehead atoms. The van der Waals surface area contributed by atoms with E-state index in [1.807, 2.05) is 0 Å². The van der Waals surface area contributed by atoms with E-state index in [-0.39, 0.29) is 11.6 Å². The van der Waals surface area contributed by atoms with Gasteiger partial charge in [-0.05, 0) is 49.4 Å². The summed E-state index contributed by atoms with van der Waals surface area (Å²) in [6.07, 6.45) is 1.03. The van der Waals surface area contributed by atoms with Crippen molar-refractivity contribution in [2.24, 2.45) is 0 Å². The number of hydrogen-bond acceptors (Lipinski definition) is 5. The van der Waals surface area contributed by atoms with E-state index in [0.717, 1.165) is 6.26 Å². The summed E-state index contributed by atoms with van der Waals surface area (Å²) in [4.78, 5) is 12.2. The molecule has 7 nitrogen and oxygen atoms in total. The van der Waals surface area contributed by atoms with Gasteiger partial charge in [0.05, 0.1) is 19.1 Å². The van der Waals surface area contributed by atoms with E-state index in [4.69, 9.17) is 4.74 Å². The second-order valence-electron chi connectivity index (χ2n) is 5.65. The van der Waals surface area contributed by atoms with Crippen LogP contribution in [-0.4, -0.2) is 33.7 Å². The molecule has 1 atom stereocenters. The van der Waals surface area contributed by atoms with Crippen molar-refractivity contribution < 1.29 is 22.3 Å². The molecule has 0 aliphatic carbocycles. The van der Waals surface area contributed by atoms with E-state index in [1.165, 1.54) is 37.4 Å². The molecule has 0 aliphatic heterocycles. The molecule has 1 amide bonds. The molecular formula is C17H20FN3O4S. The highest BCUT2D eigenvalue weighted by atomic mass is 32.2. The van der Waals surface area contributed by atoms with Crippen molar-refractivity contribution in [1.82, 2.24) is 0 Å². The molecule has 2 aromatic carbocycles. The maximum Gasteiger partial charge on any atom is 0.246 e. The van der Waals surface area contributed by atoms with Gasteiger partial charge in [0.1, 0.15) is 17.6 Å². The molecule has 0 radical (unpaired) electrons. The Balaban J connectivity index is 2.10. The fraction of sp³-hybridized carbons (Fsp3) is 0.235. The summed E-state index contributed by atoms with van der Waals surface area (Å²) in [6.45, 7) is 1.65. The molecule has 0 spiro atoms. The average molecular weight is 381 g/mol. The number of rotatable bonds is 7. The van der Waals surface area contributed by atoms with Crippen LogP contribution in [0, 0.1) is 5.82 Å². The molecule has 0 saturated heterocycles. The lowest BCUT2D eigenvalue weighted by atomic mass is 10.2. The van der Waals surface area contributed by atoms with Gasteiger partial charge in [0.15, 0.2) is 0 Å². The Morgan fingerprint density at radius 2 is 1.73 bits per heavy atom. The van der Waals surface area contributed by atoms with Gasteiger partial charge in [-0.3, -0.25) is 9.52 Å². The summed E-state index contributed by atoms with van der Waals surface area (Å²) in [5.41, 5.74) is 1.25.